The Hall–Kier alpha value is -2.57. The molecule has 4 bridgehead atoms. The first-order chi connectivity index (χ1) is 14.5. The van der Waals surface area contributed by atoms with Crippen LogP contribution >= 0.6 is 0 Å². The Kier molecular flexibility index (Phi) is 4.91. The van der Waals surface area contributed by atoms with Crippen LogP contribution in [0.4, 0.5) is 0 Å². The lowest BCUT2D eigenvalue weighted by Crippen LogP contribution is -2.54. The van der Waals surface area contributed by atoms with Crippen LogP contribution in [0.15, 0.2) is 18.2 Å². The minimum Gasteiger partial charge on any atom is -0.486 e. The van der Waals surface area contributed by atoms with E-state index in [1.165, 1.54) is 19.3 Å². The lowest BCUT2D eigenvalue weighted by Gasteiger charge is -2.55. The predicted octanol–water partition coefficient (Wildman–Crippen LogP) is 2.52. The van der Waals surface area contributed by atoms with Crippen molar-refractivity contribution in [2.45, 2.75) is 38.5 Å². The van der Waals surface area contributed by atoms with Crippen molar-refractivity contribution in [3.63, 3.8) is 0 Å². The van der Waals surface area contributed by atoms with Crippen LogP contribution < -0.4 is 14.8 Å². The number of nitrogens with one attached hydrogen (secondary N) is 1. The normalized spacial score (nSPS) is 30.6. The number of amides is 1. The summed E-state index contributed by atoms with van der Waals surface area (Å²) in [4.78, 5) is 37.3. The second-order valence-corrected chi connectivity index (χ2v) is 9.32. The van der Waals surface area contributed by atoms with Crippen LogP contribution in [0.3, 0.4) is 0 Å². The fourth-order valence-corrected chi connectivity index (χ4v) is 6.23. The summed E-state index contributed by atoms with van der Waals surface area (Å²) in [5.74, 6) is 2.17. The van der Waals surface area contributed by atoms with E-state index in [0.29, 0.717) is 48.0 Å². The zero-order chi connectivity index (χ0) is 20.7. The van der Waals surface area contributed by atoms with E-state index in [4.69, 9.17) is 14.2 Å². The van der Waals surface area contributed by atoms with Crippen molar-refractivity contribution in [2.24, 2.45) is 23.2 Å². The van der Waals surface area contributed by atoms with Gasteiger partial charge in [-0.25, -0.2) is 0 Å². The molecule has 7 nitrogen and oxygen atoms in total. The summed E-state index contributed by atoms with van der Waals surface area (Å²) in [6.45, 7) is 0.344. The summed E-state index contributed by atoms with van der Waals surface area (Å²) in [5, 5.41) is 2.78. The molecule has 6 rings (SSSR count). The molecule has 4 fully saturated rings. The highest BCUT2D eigenvalue weighted by atomic mass is 16.6. The van der Waals surface area contributed by atoms with Gasteiger partial charge in [-0.05, 0) is 74.5 Å². The van der Waals surface area contributed by atoms with Gasteiger partial charge in [0.05, 0.1) is 0 Å². The SMILES string of the molecule is O=C(CNC(=O)C12CC3CC(CC(C3)C1)C2)OCC(=O)c1ccc2c(c1)OCCO2. The van der Waals surface area contributed by atoms with Crippen molar-refractivity contribution in [1.29, 1.82) is 0 Å². The molecule has 1 aliphatic heterocycles. The molecule has 1 aromatic rings. The molecule has 0 unspecified atom stereocenters. The van der Waals surface area contributed by atoms with Crippen molar-refractivity contribution in [3.05, 3.63) is 23.8 Å². The number of ketones is 1. The molecule has 1 heterocycles. The summed E-state index contributed by atoms with van der Waals surface area (Å²) in [6.07, 6.45) is 6.62. The van der Waals surface area contributed by atoms with Crippen LogP contribution in [0.5, 0.6) is 11.5 Å². The van der Waals surface area contributed by atoms with E-state index in [2.05, 4.69) is 5.32 Å². The van der Waals surface area contributed by atoms with Gasteiger partial charge in [0.2, 0.25) is 5.91 Å². The largest absolute Gasteiger partial charge is 0.486 e. The molecule has 5 aliphatic rings. The highest BCUT2D eigenvalue weighted by Gasteiger charge is 2.54. The van der Waals surface area contributed by atoms with Crippen molar-refractivity contribution < 1.29 is 28.6 Å². The third-order valence-corrected chi connectivity index (χ3v) is 7.14. The standard InChI is InChI=1S/C23H27NO6/c25-18(17-1-2-19-20(8-17)29-4-3-28-19)13-30-21(26)12-24-22(27)23-9-14-5-15(10-23)7-16(6-14)11-23/h1-2,8,14-16H,3-7,9-13H2,(H,24,27). The molecular formula is C23H27NO6. The highest BCUT2D eigenvalue weighted by Crippen LogP contribution is 2.60. The molecule has 0 atom stereocenters. The van der Waals surface area contributed by atoms with E-state index in [1.807, 2.05) is 0 Å². The average Bonchev–Trinajstić information content (AvgIpc) is 2.74. The fourth-order valence-electron chi connectivity index (χ4n) is 6.23. The van der Waals surface area contributed by atoms with E-state index in [-0.39, 0.29) is 30.3 Å². The first-order valence-electron chi connectivity index (χ1n) is 10.9. The molecule has 1 aromatic carbocycles. The number of carbonyl (C=O) groups is 3. The van der Waals surface area contributed by atoms with Gasteiger partial charge >= 0.3 is 5.97 Å². The molecule has 0 spiro atoms. The molecule has 30 heavy (non-hydrogen) atoms. The lowest BCUT2D eigenvalue weighted by molar-refractivity contribution is -0.150. The van der Waals surface area contributed by atoms with E-state index in [9.17, 15) is 14.4 Å². The fraction of sp³-hybridized carbons (Fsp3) is 0.609. The van der Waals surface area contributed by atoms with Gasteiger partial charge in [0.1, 0.15) is 19.8 Å². The molecule has 0 radical (unpaired) electrons. The zero-order valence-corrected chi connectivity index (χ0v) is 17.0. The van der Waals surface area contributed by atoms with Crippen LogP contribution in [-0.4, -0.2) is 44.0 Å². The Morgan fingerprint density at radius 1 is 0.967 bits per heavy atom. The zero-order valence-electron chi connectivity index (χ0n) is 17.0. The van der Waals surface area contributed by atoms with Crippen molar-refractivity contribution in [2.75, 3.05) is 26.4 Å². The molecule has 7 heteroatoms. The number of rotatable bonds is 6. The number of Topliss-reactive ketones (excluding diaryl/α,β-unsaturated/α-hetero) is 1. The van der Waals surface area contributed by atoms with Crippen molar-refractivity contribution >= 4 is 17.7 Å². The maximum absolute atomic E-state index is 12.9. The molecule has 1 amide bonds. The highest BCUT2D eigenvalue weighted by molar-refractivity contribution is 5.98. The summed E-state index contributed by atoms with van der Waals surface area (Å²) in [7, 11) is 0. The third kappa shape index (κ3) is 3.66. The van der Waals surface area contributed by atoms with Gasteiger partial charge < -0.3 is 19.5 Å². The van der Waals surface area contributed by atoms with Crippen molar-refractivity contribution in [3.8, 4) is 11.5 Å². The molecule has 160 valence electrons. The second-order valence-electron chi connectivity index (χ2n) is 9.32. The number of carbonyl (C=O) groups excluding carboxylic acids is 3. The van der Waals surface area contributed by atoms with Gasteiger partial charge in [-0.3, -0.25) is 14.4 Å². The first-order valence-corrected chi connectivity index (χ1v) is 10.9. The van der Waals surface area contributed by atoms with Crippen LogP contribution in [0, 0.1) is 23.2 Å². The second kappa shape index (κ2) is 7.60. The maximum atomic E-state index is 12.9. The van der Waals surface area contributed by atoms with Gasteiger partial charge in [-0.1, -0.05) is 0 Å². The third-order valence-electron chi connectivity index (χ3n) is 7.14. The monoisotopic (exact) mass is 413 g/mol. The van der Waals surface area contributed by atoms with E-state index >= 15 is 0 Å². The lowest BCUT2D eigenvalue weighted by atomic mass is 9.49. The van der Waals surface area contributed by atoms with Crippen LogP contribution in [0.2, 0.25) is 0 Å². The maximum Gasteiger partial charge on any atom is 0.325 e. The number of hydrogen-bond acceptors (Lipinski definition) is 6. The summed E-state index contributed by atoms with van der Waals surface area (Å²) >= 11 is 0. The van der Waals surface area contributed by atoms with E-state index < -0.39 is 5.97 Å². The Balaban J connectivity index is 1.11. The van der Waals surface area contributed by atoms with Gasteiger partial charge in [-0.2, -0.15) is 0 Å². The number of ether oxygens (including phenoxy) is 3. The Labute approximate surface area is 175 Å². The van der Waals surface area contributed by atoms with Gasteiger partial charge in [-0.15, -0.1) is 0 Å². The minimum absolute atomic E-state index is 0.0169. The Bertz CT molecular complexity index is 843. The van der Waals surface area contributed by atoms with Crippen LogP contribution in [-0.2, 0) is 14.3 Å². The number of fused-ring (bicyclic) bond motifs is 1. The van der Waals surface area contributed by atoms with Gasteiger partial charge in [0.15, 0.2) is 23.9 Å². The van der Waals surface area contributed by atoms with Crippen LogP contribution in [0.1, 0.15) is 48.9 Å². The van der Waals surface area contributed by atoms with Crippen LogP contribution in [0.25, 0.3) is 0 Å². The topological polar surface area (TPSA) is 90.9 Å². The van der Waals surface area contributed by atoms with E-state index in [1.54, 1.807) is 18.2 Å². The summed E-state index contributed by atoms with van der Waals surface area (Å²) < 4.78 is 16.0. The first kappa shape index (κ1) is 19.4. The Morgan fingerprint density at radius 3 is 2.27 bits per heavy atom. The summed E-state index contributed by atoms with van der Waals surface area (Å²) in [5.41, 5.74) is 0.0976. The molecule has 0 aromatic heterocycles. The minimum atomic E-state index is -0.598. The van der Waals surface area contributed by atoms with E-state index in [0.717, 1.165) is 19.3 Å². The molecule has 0 saturated heterocycles. The molecule has 4 aliphatic carbocycles. The average molecular weight is 413 g/mol. The number of hydrogen-bond donors (Lipinski definition) is 1. The predicted molar refractivity (Wildman–Crippen MR) is 106 cm³/mol. The quantitative estimate of drug-likeness (QED) is 0.569. The molecule has 1 N–H and O–H groups in total. The summed E-state index contributed by atoms with van der Waals surface area (Å²) in [6, 6.07) is 4.90. The molecule has 4 saturated carbocycles. The number of benzene rings is 1. The number of esters is 1. The molecular weight excluding hydrogens is 386 g/mol. The Morgan fingerprint density at radius 2 is 1.60 bits per heavy atom. The smallest absolute Gasteiger partial charge is 0.325 e. The van der Waals surface area contributed by atoms with Crippen molar-refractivity contribution in [1.82, 2.24) is 5.32 Å². The van der Waals surface area contributed by atoms with Gasteiger partial charge in [0, 0.05) is 11.0 Å². The van der Waals surface area contributed by atoms with Gasteiger partial charge in [0.25, 0.3) is 0 Å².